The van der Waals surface area contributed by atoms with E-state index in [0.29, 0.717) is 23.6 Å². The van der Waals surface area contributed by atoms with Crippen molar-refractivity contribution in [1.82, 2.24) is 9.88 Å². The van der Waals surface area contributed by atoms with Crippen molar-refractivity contribution < 1.29 is 9.18 Å². The van der Waals surface area contributed by atoms with Crippen LogP contribution in [0.4, 0.5) is 10.2 Å². The lowest BCUT2D eigenvalue weighted by Gasteiger charge is -2.18. The summed E-state index contributed by atoms with van der Waals surface area (Å²) in [4.78, 5) is 18.1. The Morgan fingerprint density at radius 2 is 2.00 bits per heavy atom. The van der Waals surface area contributed by atoms with Crippen molar-refractivity contribution in [1.29, 1.82) is 0 Å². The number of aromatic nitrogens is 1. The number of nitrogens with zero attached hydrogens (tertiary/aromatic N) is 2. The van der Waals surface area contributed by atoms with E-state index in [1.165, 1.54) is 12.1 Å². The van der Waals surface area contributed by atoms with Gasteiger partial charge in [0, 0.05) is 24.8 Å². The van der Waals surface area contributed by atoms with Crippen LogP contribution in [0.1, 0.15) is 21.6 Å². The number of carbonyl (C=O) groups excluding carboxylic acids is 1. The molecule has 21 heavy (non-hydrogen) atoms. The van der Waals surface area contributed by atoms with E-state index >= 15 is 0 Å². The molecule has 0 radical (unpaired) electrons. The Bertz CT molecular complexity index is 643. The van der Waals surface area contributed by atoms with Gasteiger partial charge in [0.05, 0.1) is 0 Å². The lowest BCUT2D eigenvalue weighted by atomic mass is 10.1. The average Bonchev–Trinajstić information content (AvgIpc) is 2.48. The number of carbonyl (C=O) groups is 1. The lowest BCUT2D eigenvalue weighted by Crippen LogP contribution is -2.26. The Kier molecular flexibility index (Phi) is 4.49. The normalized spacial score (nSPS) is 10.3. The zero-order valence-electron chi connectivity index (χ0n) is 11.9. The molecule has 0 aliphatic carbocycles. The standard InChI is InChI=1S/C15H17FN4O/c1-10-7-12(8-14(18-10)19-17)15(21)20(2)9-11-3-5-13(16)6-4-11/h3-8H,9,17H2,1-2H3,(H,18,19). The van der Waals surface area contributed by atoms with Gasteiger partial charge >= 0.3 is 0 Å². The van der Waals surface area contributed by atoms with E-state index in [9.17, 15) is 9.18 Å². The molecule has 2 aromatic rings. The van der Waals surface area contributed by atoms with E-state index in [0.717, 1.165) is 5.56 Å². The van der Waals surface area contributed by atoms with Gasteiger partial charge in [-0.25, -0.2) is 15.2 Å². The molecule has 0 unspecified atom stereocenters. The Hall–Kier alpha value is -2.47. The van der Waals surface area contributed by atoms with E-state index in [-0.39, 0.29) is 11.7 Å². The molecule has 0 saturated heterocycles. The van der Waals surface area contributed by atoms with Crippen LogP contribution in [0.2, 0.25) is 0 Å². The number of halogens is 1. The fourth-order valence-electron chi connectivity index (χ4n) is 2.02. The van der Waals surface area contributed by atoms with Gasteiger partial charge < -0.3 is 10.3 Å². The van der Waals surface area contributed by atoms with Gasteiger partial charge in [-0.1, -0.05) is 12.1 Å². The van der Waals surface area contributed by atoms with Crippen LogP contribution in [0.5, 0.6) is 0 Å². The van der Waals surface area contributed by atoms with E-state index in [1.54, 1.807) is 43.1 Å². The summed E-state index contributed by atoms with van der Waals surface area (Å²) in [7, 11) is 1.69. The molecular formula is C15H17FN4O. The first-order valence-corrected chi connectivity index (χ1v) is 6.45. The molecule has 2 rings (SSSR count). The van der Waals surface area contributed by atoms with E-state index in [4.69, 9.17) is 5.84 Å². The number of hydrogen-bond donors (Lipinski definition) is 2. The highest BCUT2D eigenvalue weighted by atomic mass is 19.1. The number of benzene rings is 1. The molecule has 0 fully saturated rings. The van der Waals surface area contributed by atoms with E-state index < -0.39 is 0 Å². The number of nitrogens with two attached hydrogens (primary N) is 1. The van der Waals surface area contributed by atoms with Crippen molar-refractivity contribution in [3.63, 3.8) is 0 Å². The van der Waals surface area contributed by atoms with Crippen molar-refractivity contribution >= 4 is 11.7 Å². The molecule has 0 spiro atoms. The predicted molar refractivity (Wildman–Crippen MR) is 79.0 cm³/mol. The van der Waals surface area contributed by atoms with Gasteiger partial charge in [0.15, 0.2) is 0 Å². The Balaban J connectivity index is 2.15. The van der Waals surface area contributed by atoms with Crippen LogP contribution in [0.15, 0.2) is 36.4 Å². The first-order valence-electron chi connectivity index (χ1n) is 6.45. The van der Waals surface area contributed by atoms with E-state index in [2.05, 4.69) is 10.4 Å². The van der Waals surface area contributed by atoms with Crippen LogP contribution in [-0.4, -0.2) is 22.8 Å². The van der Waals surface area contributed by atoms with Crippen LogP contribution >= 0.6 is 0 Å². The van der Waals surface area contributed by atoms with Gasteiger partial charge in [-0.2, -0.15) is 0 Å². The Morgan fingerprint density at radius 3 is 2.62 bits per heavy atom. The number of nitrogens with one attached hydrogen (secondary N) is 1. The zero-order valence-corrected chi connectivity index (χ0v) is 11.9. The number of nitrogen functional groups attached to an aromatic ring is 1. The second-order valence-corrected chi connectivity index (χ2v) is 4.81. The average molecular weight is 288 g/mol. The molecule has 0 saturated carbocycles. The second kappa shape index (κ2) is 6.32. The molecule has 110 valence electrons. The molecule has 0 aliphatic rings. The maximum atomic E-state index is 12.9. The first-order chi connectivity index (χ1) is 9.99. The van der Waals surface area contributed by atoms with Gasteiger partial charge in [0.25, 0.3) is 5.91 Å². The van der Waals surface area contributed by atoms with Crippen LogP contribution < -0.4 is 11.3 Å². The number of aryl methyl sites for hydroxylation is 1. The van der Waals surface area contributed by atoms with Gasteiger partial charge in [-0.05, 0) is 36.8 Å². The molecule has 1 amide bonds. The minimum Gasteiger partial charge on any atom is -0.337 e. The van der Waals surface area contributed by atoms with Crippen LogP contribution in [-0.2, 0) is 6.54 Å². The van der Waals surface area contributed by atoms with Crippen molar-refractivity contribution in [2.24, 2.45) is 5.84 Å². The fourth-order valence-corrected chi connectivity index (χ4v) is 2.02. The quantitative estimate of drug-likeness (QED) is 0.667. The number of pyridine rings is 1. The van der Waals surface area contributed by atoms with Crippen molar-refractivity contribution in [2.75, 3.05) is 12.5 Å². The van der Waals surface area contributed by atoms with Crippen LogP contribution in [0.25, 0.3) is 0 Å². The lowest BCUT2D eigenvalue weighted by molar-refractivity contribution is 0.0785. The third kappa shape index (κ3) is 3.76. The van der Waals surface area contributed by atoms with Gasteiger partial charge in [0.1, 0.15) is 11.6 Å². The largest absolute Gasteiger partial charge is 0.337 e. The van der Waals surface area contributed by atoms with Gasteiger partial charge in [0.2, 0.25) is 0 Å². The number of hydrogen-bond acceptors (Lipinski definition) is 4. The number of amides is 1. The fraction of sp³-hybridized carbons (Fsp3) is 0.200. The third-order valence-corrected chi connectivity index (χ3v) is 3.03. The summed E-state index contributed by atoms with van der Waals surface area (Å²) >= 11 is 0. The minimum atomic E-state index is -0.295. The van der Waals surface area contributed by atoms with Crippen molar-refractivity contribution in [2.45, 2.75) is 13.5 Å². The molecule has 1 aromatic carbocycles. The molecular weight excluding hydrogens is 271 g/mol. The smallest absolute Gasteiger partial charge is 0.254 e. The summed E-state index contributed by atoms with van der Waals surface area (Å²) in [5.74, 6) is 5.32. The predicted octanol–water partition coefficient (Wildman–Crippen LogP) is 2.09. The molecule has 3 N–H and O–H groups in total. The number of rotatable bonds is 4. The molecule has 1 heterocycles. The van der Waals surface area contributed by atoms with E-state index in [1.807, 2.05) is 0 Å². The maximum Gasteiger partial charge on any atom is 0.254 e. The summed E-state index contributed by atoms with van der Waals surface area (Å²) in [5, 5.41) is 0. The second-order valence-electron chi connectivity index (χ2n) is 4.81. The Labute approximate surface area is 122 Å². The third-order valence-electron chi connectivity index (χ3n) is 3.03. The summed E-state index contributed by atoms with van der Waals surface area (Å²) in [5.41, 5.74) is 4.49. The molecule has 0 aliphatic heterocycles. The van der Waals surface area contributed by atoms with Crippen LogP contribution in [0, 0.1) is 12.7 Å². The molecule has 0 atom stereocenters. The highest BCUT2D eigenvalue weighted by Gasteiger charge is 2.14. The minimum absolute atomic E-state index is 0.152. The van der Waals surface area contributed by atoms with Crippen LogP contribution in [0.3, 0.4) is 0 Å². The monoisotopic (exact) mass is 288 g/mol. The molecule has 0 bridgehead atoms. The zero-order chi connectivity index (χ0) is 15.4. The summed E-state index contributed by atoms with van der Waals surface area (Å²) < 4.78 is 12.9. The maximum absolute atomic E-state index is 12.9. The number of anilines is 1. The molecule has 6 heteroatoms. The summed E-state index contributed by atoms with van der Waals surface area (Å²) in [6.45, 7) is 2.18. The summed E-state index contributed by atoms with van der Waals surface area (Å²) in [6.07, 6.45) is 0. The van der Waals surface area contributed by atoms with Crippen molar-refractivity contribution in [3.8, 4) is 0 Å². The molecule has 1 aromatic heterocycles. The Morgan fingerprint density at radius 1 is 1.33 bits per heavy atom. The first kappa shape index (κ1) is 14.9. The number of hydrazine groups is 1. The van der Waals surface area contributed by atoms with Gasteiger partial charge in [-0.3, -0.25) is 4.79 Å². The van der Waals surface area contributed by atoms with Gasteiger partial charge in [-0.15, -0.1) is 0 Å². The van der Waals surface area contributed by atoms with Crippen molar-refractivity contribution in [3.05, 3.63) is 59.0 Å². The highest BCUT2D eigenvalue weighted by molar-refractivity contribution is 5.94. The molecule has 5 nitrogen and oxygen atoms in total. The SMILES string of the molecule is Cc1cc(C(=O)N(C)Cc2ccc(F)cc2)cc(NN)n1. The summed E-state index contributed by atoms with van der Waals surface area (Å²) in [6, 6.07) is 9.36. The topological polar surface area (TPSA) is 71.2 Å². The highest BCUT2D eigenvalue weighted by Crippen LogP contribution is 2.13.